The molecule has 0 saturated heterocycles. The van der Waals surface area contributed by atoms with Gasteiger partial charge >= 0.3 is 12.6 Å². The summed E-state index contributed by atoms with van der Waals surface area (Å²) in [4.78, 5) is 28.2. The number of halogens is 2. The molecule has 1 aromatic heterocycles. The van der Waals surface area contributed by atoms with Gasteiger partial charge in [0, 0.05) is 12.1 Å². The number of carbonyl (C=O) groups is 1. The second kappa shape index (κ2) is 7.99. The third-order valence-corrected chi connectivity index (χ3v) is 4.09. The number of hydrogen-bond donors (Lipinski definition) is 1. The predicted octanol–water partition coefficient (Wildman–Crippen LogP) is 3.89. The average molecular weight is 386 g/mol. The standard InChI is InChI=1S/C20H16F2N2O4/c1-2-24-16-10-8-13(19(26)27)11-15(16)23-14(18(24)25)9-7-12-5-3-4-6-17(12)28-20(21)22/h3-11,20H,2H2,1H3,(H,26,27)/b9-7+. The topological polar surface area (TPSA) is 81.4 Å². The van der Waals surface area contributed by atoms with Gasteiger partial charge in [0.2, 0.25) is 0 Å². The lowest BCUT2D eigenvalue weighted by molar-refractivity contribution is -0.0499. The predicted molar refractivity (Wildman–Crippen MR) is 101 cm³/mol. The van der Waals surface area contributed by atoms with Crippen molar-refractivity contribution in [3.05, 3.63) is 69.6 Å². The summed E-state index contributed by atoms with van der Waals surface area (Å²) in [6, 6.07) is 10.5. The van der Waals surface area contributed by atoms with E-state index in [4.69, 9.17) is 5.11 Å². The number of carboxylic acids is 1. The molecule has 0 saturated carbocycles. The molecular weight excluding hydrogens is 370 g/mol. The zero-order valence-electron chi connectivity index (χ0n) is 14.8. The van der Waals surface area contributed by atoms with Gasteiger partial charge in [0.05, 0.1) is 16.6 Å². The highest BCUT2D eigenvalue weighted by Crippen LogP contribution is 2.22. The molecule has 0 amide bonds. The summed E-state index contributed by atoms with van der Waals surface area (Å²) in [5.74, 6) is -1.13. The number of aromatic carboxylic acids is 1. The van der Waals surface area contributed by atoms with Crippen molar-refractivity contribution in [1.29, 1.82) is 0 Å². The molecule has 1 N–H and O–H groups in total. The monoisotopic (exact) mass is 386 g/mol. The summed E-state index contributed by atoms with van der Waals surface area (Å²) in [6.45, 7) is -0.832. The molecule has 0 aliphatic heterocycles. The smallest absolute Gasteiger partial charge is 0.387 e. The van der Waals surface area contributed by atoms with E-state index >= 15 is 0 Å². The molecule has 0 unspecified atom stereocenters. The van der Waals surface area contributed by atoms with Gasteiger partial charge in [0.25, 0.3) is 5.56 Å². The Hall–Kier alpha value is -3.55. The molecule has 1 heterocycles. The highest BCUT2D eigenvalue weighted by Gasteiger charge is 2.12. The fraction of sp³-hybridized carbons (Fsp3) is 0.150. The molecule has 0 fully saturated rings. The van der Waals surface area contributed by atoms with Crippen LogP contribution in [0.3, 0.4) is 0 Å². The van der Waals surface area contributed by atoms with Crippen molar-refractivity contribution in [1.82, 2.24) is 9.55 Å². The van der Waals surface area contributed by atoms with Crippen molar-refractivity contribution < 1.29 is 23.4 Å². The lowest BCUT2D eigenvalue weighted by Crippen LogP contribution is -2.23. The number of rotatable bonds is 6. The maximum atomic E-state index is 12.7. The van der Waals surface area contributed by atoms with Crippen LogP contribution in [0.5, 0.6) is 5.75 Å². The highest BCUT2D eigenvalue weighted by atomic mass is 19.3. The zero-order valence-corrected chi connectivity index (χ0v) is 14.8. The SMILES string of the molecule is CCn1c(=O)c(/C=C/c2ccccc2OC(F)F)nc2cc(C(=O)O)ccc21. The van der Waals surface area contributed by atoms with Gasteiger partial charge in [0.15, 0.2) is 0 Å². The lowest BCUT2D eigenvalue weighted by atomic mass is 10.1. The molecule has 0 aliphatic carbocycles. The number of aryl methyl sites for hydroxylation is 1. The van der Waals surface area contributed by atoms with Crippen molar-refractivity contribution in [3.63, 3.8) is 0 Å². The molecule has 3 aromatic rings. The molecule has 144 valence electrons. The number of nitrogens with zero attached hydrogens (tertiary/aromatic N) is 2. The molecule has 28 heavy (non-hydrogen) atoms. The number of carboxylic acid groups (broad SMARTS) is 1. The van der Waals surface area contributed by atoms with E-state index in [1.54, 1.807) is 25.1 Å². The number of fused-ring (bicyclic) bond motifs is 1. The van der Waals surface area contributed by atoms with E-state index in [1.165, 1.54) is 41.0 Å². The number of benzene rings is 2. The Morgan fingerprint density at radius 2 is 2.00 bits per heavy atom. The van der Waals surface area contributed by atoms with Crippen LogP contribution < -0.4 is 10.3 Å². The summed E-state index contributed by atoms with van der Waals surface area (Å²) in [5, 5.41) is 9.16. The first-order chi connectivity index (χ1) is 13.4. The van der Waals surface area contributed by atoms with Gasteiger partial charge in [-0.3, -0.25) is 4.79 Å². The maximum Gasteiger partial charge on any atom is 0.387 e. The fourth-order valence-corrected chi connectivity index (χ4v) is 2.81. The van der Waals surface area contributed by atoms with Crippen molar-refractivity contribution in [2.75, 3.05) is 0 Å². The quantitative estimate of drug-likeness (QED) is 0.695. The van der Waals surface area contributed by atoms with Crippen molar-refractivity contribution in [3.8, 4) is 5.75 Å². The Balaban J connectivity index is 2.11. The summed E-state index contributed by atoms with van der Waals surface area (Å²) in [7, 11) is 0. The molecule has 0 atom stereocenters. The summed E-state index contributed by atoms with van der Waals surface area (Å²) < 4.78 is 31.0. The third kappa shape index (κ3) is 3.90. The van der Waals surface area contributed by atoms with Crippen LogP contribution in [-0.2, 0) is 6.54 Å². The van der Waals surface area contributed by atoms with E-state index in [1.807, 2.05) is 0 Å². The number of aromatic nitrogens is 2. The van der Waals surface area contributed by atoms with Crippen LogP contribution in [-0.4, -0.2) is 27.2 Å². The zero-order chi connectivity index (χ0) is 20.3. The van der Waals surface area contributed by atoms with E-state index < -0.39 is 12.6 Å². The first-order valence-electron chi connectivity index (χ1n) is 8.40. The normalized spacial score (nSPS) is 11.4. The van der Waals surface area contributed by atoms with Gasteiger partial charge < -0.3 is 14.4 Å². The van der Waals surface area contributed by atoms with Crippen molar-refractivity contribution >= 4 is 29.2 Å². The molecule has 8 heteroatoms. The molecule has 3 rings (SSSR count). The first kappa shape index (κ1) is 19.2. The van der Waals surface area contributed by atoms with Gasteiger partial charge in [-0.05, 0) is 43.3 Å². The molecule has 0 aliphatic rings. The van der Waals surface area contributed by atoms with Crippen LogP contribution in [0.1, 0.15) is 28.5 Å². The number of hydrogen-bond acceptors (Lipinski definition) is 4. The number of ether oxygens (including phenoxy) is 1. The Bertz CT molecular complexity index is 1120. The molecule has 0 radical (unpaired) electrons. The third-order valence-electron chi connectivity index (χ3n) is 4.09. The van der Waals surface area contributed by atoms with E-state index in [-0.39, 0.29) is 22.6 Å². The van der Waals surface area contributed by atoms with Crippen LogP contribution in [0, 0.1) is 0 Å². The van der Waals surface area contributed by atoms with Gasteiger partial charge in [-0.15, -0.1) is 0 Å². The van der Waals surface area contributed by atoms with Crippen LogP contribution in [0.25, 0.3) is 23.2 Å². The molecule has 0 bridgehead atoms. The van der Waals surface area contributed by atoms with E-state index in [9.17, 15) is 18.4 Å². The summed E-state index contributed by atoms with van der Waals surface area (Å²) >= 11 is 0. The van der Waals surface area contributed by atoms with Crippen LogP contribution >= 0.6 is 0 Å². The second-order valence-corrected chi connectivity index (χ2v) is 5.80. The van der Waals surface area contributed by atoms with E-state index in [0.717, 1.165) is 0 Å². The fourth-order valence-electron chi connectivity index (χ4n) is 2.81. The number of alkyl halides is 2. The first-order valence-corrected chi connectivity index (χ1v) is 8.40. The second-order valence-electron chi connectivity index (χ2n) is 5.80. The van der Waals surface area contributed by atoms with Gasteiger partial charge in [-0.2, -0.15) is 8.78 Å². The average Bonchev–Trinajstić information content (AvgIpc) is 2.66. The van der Waals surface area contributed by atoms with Crippen LogP contribution in [0.2, 0.25) is 0 Å². The summed E-state index contributed by atoms with van der Waals surface area (Å²) in [6.07, 6.45) is 2.85. The minimum atomic E-state index is -2.97. The largest absolute Gasteiger partial charge is 0.478 e. The minimum Gasteiger partial charge on any atom is -0.478 e. The van der Waals surface area contributed by atoms with Gasteiger partial charge in [0.1, 0.15) is 11.4 Å². The highest BCUT2D eigenvalue weighted by molar-refractivity contribution is 5.92. The van der Waals surface area contributed by atoms with Gasteiger partial charge in [-0.1, -0.05) is 18.2 Å². The summed E-state index contributed by atoms with van der Waals surface area (Å²) in [5.41, 5.74) is 0.942. The van der Waals surface area contributed by atoms with E-state index in [0.29, 0.717) is 23.1 Å². The Labute approximate surface area is 158 Å². The lowest BCUT2D eigenvalue weighted by Gasteiger charge is -2.10. The molecule has 6 nitrogen and oxygen atoms in total. The Morgan fingerprint density at radius 3 is 2.68 bits per heavy atom. The molecular formula is C20H16F2N2O4. The maximum absolute atomic E-state index is 12.7. The van der Waals surface area contributed by atoms with E-state index in [2.05, 4.69) is 9.72 Å². The molecule has 0 spiro atoms. The van der Waals surface area contributed by atoms with Gasteiger partial charge in [-0.25, -0.2) is 9.78 Å². The van der Waals surface area contributed by atoms with Crippen LogP contribution in [0.15, 0.2) is 47.3 Å². The Morgan fingerprint density at radius 1 is 1.25 bits per heavy atom. The number of para-hydroxylation sites is 1. The van der Waals surface area contributed by atoms with Crippen molar-refractivity contribution in [2.24, 2.45) is 0 Å². The van der Waals surface area contributed by atoms with Crippen LogP contribution in [0.4, 0.5) is 8.78 Å². The minimum absolute atomic E-state index is 0.0291. The molecule has 2 aromatic carbocycles. The van der Waals surface area contributed by atoms with Crippen molar-refractivity contribution in [2.45, 2.75) is 20.1 Å². The Kier molecular flexibility index (Phi) is 5.49.